The van der Waals surface area contributed by atoms with Gasteiger partial charge in [-0.1, -0.05) is 23.2 Å². The number of nitrogens with zero attached hydrogens (tertiary/aromatic N) is 5. The maximum Gasteiger partial charge on any atom is 0.268 e. The van der Waals surface area contributed by atoms with Crippen LogP contribution in [0.5, 0.6) is 0 Å². The summed E-state index contributed by atoms with van der Waals surface area (Å²) in [6, 6.07) is 2.49. The molecule has 0 saturated heterocycles. The van der Waals surface area contributed by atoms with Crippen LogP contribution in [0.3, 0.4) is 0 Å². The summed E-state index contributed by atoms with van der Waals surface area (Å²) < 4.78 is 16.0. The van der Waals surface area contributed by atoms with Crippen LogP contribution in [-0.4, -0.2) is 29.7 Å². The van der Waals surface area contributed by atoms with E-state index in [4.69, 9.17) is 23.2 Å². The molecule has 4 rings (SSSR count). The van der Waals surface area contributed by atoms with Crippen molar-refractivity contribution in [3.63, 3.8) is 0 Å². The standard InChI is InChI=1S/C15H10Cl2FN7OS/c1-6(13-23-11(16)12(17)27-13)22-7-2-8-10(9(18)3-7)20-5-25(14(8)26)15-19-4-21-24-15/h2-6,22H,1H3,(H,19,21,24). The Morgan fingerprint density at radius 2 is 2.15 bits per heavy atom. The van der Waals surface area contributed by atoms with Gasteiger partial charge in [0.25, 0.3) is 5.56 Å². The molecule has 0 radical (unpaired) electrons. The predicted octanol–water partition coefficient (Wildman–Crippen LogP) is 3.58. The number of aromatic nitrogens is 6. The molecule has 0 aliphatic heterocycles. The predicted molar refractivity (Wildman–Crippen MR) is 101 cm³/mol. The lowest BCUT2D eigenvalue weighted by atomic mass is 10.2. The number of fused-ring (bicyclic) bond motifs is 1. The Balaban J connectivity index is 1.75. The van der Waals surface area contributed by atoms with E-state index in [0.29, 0.717) is 15.0 Å². The Bertz CT molecular complexity index is 1170. The molecule has 2 N–H and O–H groups in total. The Kier molecular flexibility index (Phi) is 4.54. The lowest BCUT2D eigenvalue weighted by molar-refractivity contribution is 0.635. The van der Waals surface area contributed by atoms with E-state index in [9.17, 15) is 9.18 Å². The Hall–Kier alpha value is -2.56. The number of nitrogens with one attached hydrogen (secondary N) is 2. The minimum Gasteiger partial charge on any atom is -0.376 e. The summed E-state index contributed by atoms with van der Waals surface area (Å²) in [5.74, 6) is -0.437. The molecule has 3 aromatic heterocycles. The fraction of sp³-hybridized carbons (Fsp3) is 0.133. The number of H-pyrrole nitrogens is 1. The Labute approximate surface area is 165 Å². The monoisotopic (exact) mass is 425 g/mol. The largest absolute Gasteiger partial charge is 0.376 e. The average molecular weight is 426 g/mol. The number of benzene rings is 1. The van der Waals surface area contributed by atoms with Crippen molar-refractivity contribution in [2.45, 2.75) is 13.0 Å². The van der Waals surface area contributed by atoms with Crippen molar-refractivity contribution >= 4 is 51.1 Å². The number of aromatic amines is 1. The highest BCUT2D eigenvalue weighted by Gasteiger charge is 2.17. The van der Waals surface area contributed by atoms with Gasteiger partial charge in [0, 0.05) is 5.69 Å². The van der Waals surface area contributed by atoms with E-state index in [1.807, 2.05) is 6.92 Å². The van der Waals surface area contributed by atoms with Crippen LogP contribution >= 0.6 is 34.5 Å². The highest BCUT2D eigenvalue weighted by molar-refractivity contribution is 7.16. The van der Waals surface area contributed by atoms with Gasteiger partial charge in [-0.05, 0) is 19.1 Å². The third-order valence-electron chi connectivity index (χ3n) is 3.76. The zero-order valence-corrected chi connectivity index (χ0v) is 15.9. The summed E-state index contributed by atoms with van der Waals surface area (Å²) in [6.45, 7) is 1.82. The number of halogens is 3. The fourth-order valence-electron chi connectivity index (χ4n) is 2.53. The Morgan fingerprint density at radius 1 is 1.33 bits per heavy atom. The molecule has 0 amide bonds. The molecule has 0 fully saturated rings. The minimum atomic E-state index is -0.626. The summed E-state index contributed by atoms with van der Waals surface area (Å²) >= 11 is 13.0. The molecule has 12 heteroatoms. The fourth-order valence-corrected chi connectivity index (χ4v) is 3.76. The Morgan fingerprint density at radius 3 is 2.81 bits per heavy atom. The van der Waals surface area contributed by atoms with Gasteiger partial charge in [0.1, 0.15) is 27.5 Å². The summed E-state index contributed by atoms with van der Waals surface area (Å²) in [7, 11) is 0. The maximum atomic E-state index is 14.5. The van der Waals surface area contributed by atoms with E-state index in [0.717, 1.165) is 4.57 Å². The van der Waals surface area contributed by atoms with E-state index in [1.54, 1.807) is 0 Å². The summed E-state index contributed by atoms with van der Waals surface area (Å²) in [6.07, 6.45) is 2.46. The summed E-state index contributed by atoms with van der Waals surface area (Å²) in [5, 5.41) is 10.3. The van der Waals surface area contributed by atoms with Crippen LogP contribution in [0.15, 0.2) is 29.6 Å². The van der Waals surface area contributed by atoms with Gasteiger partial charge in [-0.15, -0.1) is 11.3 Å². The zero-order chi connectivity index (χ0) is 19.1. The van der Waals surface area contributed by atoms with E-state index in [2.05, 4.69) is 30.5 Å². The van der Waals surface area contributed by atoms with Crippen molar-refractivity contribution < 1.29 is 4.39 Å². The van der Waals surface area contributed by atoms with Gasteiger partial charge >= 0.3 is 0 Å². The highest BCUT2D eigenvalue weighted by Crippen LogP contribution is 2.33. The quantitative estimate of drug-likeness (QED) is 0.517. The molecule has 1 unspecified atom stereocenters. The zero-order valence-electron chi connectivity index (χ0n) is 13.6. The van der Waals surface area contributed by atoms with Crippen molar-refractivity contribution in [1.82, 2.24) is 29.7 Å². The average Bonchev–Trinajstić information content (AvgIpc) is 3.26. The molecule has 0 aliphatic rings. The molecule has 0 spiro atoms. The summed E-state index contributed by atoms with van der Waals surface area (Å²) in [4.78, 5) is 24.8. The maximum absolute atomic E-state index is 14.5. The highest BCUT2D eigenvalue weighted by atomic mass is 35.5. The molecular weight excluding hydrogens is 416 g/mol. The molecule has 27 heavy (non-hydrogen) atoms. The van der Waals surface area contributed by atoms with Crippen LogP contribution in [0.4, 0.5) is 10.1 Å². The first-order valence-corrected chi connectivity index (χ1v) is 9.16. The molecule has 3 heterocycles. The van der Waals surface area contributed by atoms with Crippen LogP contribution in [0.1, 0.15) is 18.0 Å². The number of anilines is 1. The smallest absolute Gasteiger partial charge is 0.268 e. The lowest BCUT2D eigenvalue weighted by Gasteiger charge is -2.13. The van der Waals surface area contributed by atoms with Gasteiger partial charge < -0.3 is 5.32 Å². The van der Waals surface area contributed by atoms with Crippen molar-refractivity contribution in [1.29, 1.82) is 0 Å². The molecule has 4 aromatic rings. The van der Waals surface area contributed by atoms with Gasteiger partial charge in [-0.25, -0.2) is 24.0 Å². The normalized spacial score (nSPS) is 12.4. The summed E-state index contributed by atoms with van der Waals surface area (Å²) in [5.41, 5.74) is -0.120. The van der Waals surface area contributed by atoms with Crippen LogP contribution < -0.4 is 10.9 Å². The molecule has 8 nitrogen and oxygen atoms in total. The number of thiazole rings is 1. The van der Waals surface area contributed by atoms with Gasteiger partial charge in [0.15, 0.2) is 11.0 Å². The first-order valence-electron chi connectivity index (χ1n) is 7.59. The lowest BCUT2D eigenvalue weighted by Crippen LogP contribution is -2.20. The second-order valence-electron chi connectivity index (χ2n) is 5.57. The van der Waals surface area contributed by atoms with E-state index >= 15 is 0 Å². The van der Waals surface area contributed by atoms with Crippen molar-refractivity contribution in [3.05, 3.63) is 55.5 Å². The van der Waals surface area contributed by atoms with Gasteiger partial charge in [0.2, 0.25) is 5.95 Å². The van der Waals surface area contributed by atoms with E-state index < -0.39 is 11.4 Å². The molecular formula is C15H10Cl2FN7OS. The molecule has 0 saturated carbocycles. The van der Waals surface area contributed by atoms with Crippen molar-refractivity contribution in [2.75, 3.05) is 5.32 Å². The number of hydrogen-bond acceptors (Lipinski definition) is 7. The van der Waals surface area contributed by atoms with Crippen LogP contribution in [-0.2, 0) is 0 Å². The van der Waals surface area contributed by atoms with Gasteiger partial charge in [0.05, 0.1) is 11.4 Å². The molecule has 1 aromatic carbocycles. The van der Waals surface area contributed by atoms with Crippen molar-refractivity contribution in [2.24, 2.45) is 0 Å². The molecule has 0 bridgehead atoms. The first-order chi connectivity index (χ1) is 12.9. The second kappa shape index (κ2) is 6.87. The minimum absolute atomic E-state index is 0.0331. The molecule has 0 aliphatic carbocycles. The third kappa shape index (κ3) is 3.27. The molecule has 1 atom stereocenters. The second-order valence-corrected chi connectivity index (χ2v) is 7.56. The van der Waals surface area contributed by atoms with Crippen LogP contribution in [0.25, 0.3) is 16.9 Å². The third-order valence-corrected chi connectivity index (χ3v) is 5.68. The van der Waals surface area contributed by atoms with Gasteiger partial charge in [-0.2, -0.15) is 10.1 Å². The number of rotatable bonds is 4. The van der Waals surface area contributed by atoms with E-state index in [1.165, 1.54) is 36.1 Å². The topological polar surface area (TPSA) is 101 Å². The SMILES string of the molecule is CC(Nc1cc(F)c2ncn(-c3ncn[nH]3)c(=O)c2c1)c1nc(Cl)c(Cl)s1. The first kappa shape index (κ1) is 17.8. The van der Waals surface area contributed by atoms with Gasteiger partial charge in [-0.3, -0.25) is 4.79 Å². The van der Waals surface area contributed by atoms with Crippen molar-refractivity contribution in [3.8, 4) is 5.95 Å². The molecule has 138 valence electrons. The van der Waals surface area contributed by atoms with Crippen LogP contribution in [0.2, 0.25) is 9.49 Å². The van der Waals surface area contributed by atoms with Crippen LogP contribution in [0, 0.1) is 5.82 Å². The number of hydrogen-bond donors (Lipinski definition) is 2. The van der Waals surface area contributed by atoms with E-state index in [-0.39, 0.29) is 28.0 Å².